The Morgan fingerprint density at radius 2 is 0.795 bits per heavy atom. The van der Waals surface area contributed by atoms with Crippen LogP contribution in [0.25, 0.3) is 49.7 Å². The Kier molecular flexibility index (Phi) is 5.60. The highest BCUT2D eigenvalue weighted by molar-refractivity contribution is 6.21. The van der Waals surface area contributed by atoms with Crippen molar-refractivity contribution in [2.45, 2.75) is 0 Å². The van der Waals surface area contributed by atoms with Gasteiger partial charge in [-0.3, -0.25) is 0 Å². The van der Waals surface area contributed by atoms with Crippen molar-refractivity contribution in [2.24, 2.45) is 0 Å². The molecule has 178 valence electrons. The molecular formula is C34H17N5. The van der Waals surface area contributed by atoms with E-state index in [9.17, 15) is 21.0 Å². The highest BCUT2D eigenvalue weighted by Gasteiger charge is 2.23. The first-order valence-electron chi connectivity index (χ1n) is 12.2. The van der Waals surface area contributed by atoms with Gasteiger partial charge in [-0.2, -0.15) is 21.0 Å². The van der Waals surface area contributed by atoms with Crippen molar-refractivity contribution in [2.75, 3.05) is 0 Å². The van der Waals surface area contributed by atoms with E-state index in [0.29, 0.717) is 33.4 Å². The molecule has 1 aromatic heterocycles. The summed E-state index contributed by atoms with van der Waals surface area (Å²) in [5.41, 5.74) is 6.89. The van der Waals surface area contributed by atoms with Gasteiger partial charge in [0.25, 0.3) is 0 Å². The molecule has 0 saturated heterocycles. The molecule has 0 radical (unpaired) electrons. The van der Waals surface area contributed by atoms with E-state index in [2.05, 4.69) is 28.8 Å². The Hall–Kier alpha value is -6.14. The maximum absolute atomic E-state index is 10.0. The molecule has 0 atom stereocenters. The topological polar surface area (TPSA) is 100 Å². The third kappa shape index (κ3) is 3.52. The van der Waals surface area contributed by atoms with Crippen LogP contribution < -0.4 is 0 Å². The molecule has 6 aromatic rings. The molecule has 39 heavy (non-hydrogen) atoms. The quantitative estimate of drug-likeness (QED) is 0.252. The van der Waals surface area contributed by atoms with Gasteiger partial charge in [0.1, 0.15) is 0 Å². The minimum atomic E-state index is 0.398. The predicted molar refractivity (Wildman–Crippen MR) is 151 cm³/mol. The van der Waals surface area contributed by atoms with Crippen LogP contribution in [0.3, 0.4) is 0 Å². The van der Waals surface area contributed by atoms with E-state index < -0.39 is 0 Å². The zero-order valence-electron chi connectivity index (χ0n) is 20.6. The van der Waals surface area contributed by atoms with Crippen LogP contribution in [-0.4, -0.2) is 4.57 Å². The maximum atomic E-state index is 10.0. The maximum Gasteiger partial charge on any atom is 0.0998 e. The van der Waals surface area contributed by atoms with Gasteiger partial charge in [-0.15, -0.1) is 0 Å². The molecule has 0 unspecified atom stereocenters. The number of nitriles is 4. The van der Waals surface area contributed by atoms with Gasteiger partial charge in [0.2, 0.25) is 0 Å². The fraction of sp³-hybridized carbons (Fsp3) is 0. The van der Waals surface area contributed by atoms with Crippen LogP contribution in [0.15, 0.2) is 103 Å². The van der Waals surface area contributed by atoms with Crippen molar-refractivity contribution in [3.8, 4) is 52.2 Å². The molecule has 6 rings (SSSR count). The summed E-state index contributed by atoms with van der Waals surface area (Å²) in [6, 6.07) is 41.0. The molecule has 5 aromatic carbocycles. The lowest BCUT2D eigenvalue weighted by molar-refractivity contribution is 1.18. The van der Waals surface area contributed by atoms with Gasteiger partial charge in [0.05, 0.1) is 57.6 Å². The molecule has 1 heterocycles. The molecule has 0 aliphatic carbocycles. The van der Waals surface area contributed by atoms with Crippen LogP contribution in [0.4, 0.5) is 0 Å². The number of para-hydroxylation sites is 1. The molecule has 0 amide bonds. The average Bonchev–Trinajstić information content (AvgIpc) is 3.35. The Bertz CT molecular complexity index is 1910. The van der Waals surface area contributed by atoms with Crippen molar-refractivity contribution in [1.82, 2.24) is 4.57 Å². The summed E-state index contributed by atoms with van der Waals surface area (Å²) in [5, 5.41) is 41.7. The lowest BCUT2D eigenvalue weighted by Crippen LogP contribution is -1.94. The number of hydrogen-bond acceptors (Lipinski definition) is 4. The summed E-state index contributed by atoms with van der Waals surface area (Å²) in [7, 11) is 0. The number of hydrogen-bond donors (Lipinski definition) is 0. The normalized spacial score (nSPS) is 10.5. The van der Waals surface area contributed by atoms with E-state index in [1.807, 2.05) is 66.7 Å². The summed E-state index contributed by atoms with van der Waals surface area (Å²) < 4.78 is 2.14. The number of benzene rings is 5. The standard InChI is InChI=1S/C34H17N5/c35-18-22-8-4-9-23(19-36)31(22)27-14-6-16-29-33(27)34-28(32-24(20-37)10-5-11-25(32)21-38)15-7-17-30(34)39(29)26-12-2-1-3-13-26/h1-17H. The molecule has 5 nitrogen and oxygen atoms in total. The van der Waals surface area contributed by atoms with Crippen LogP contribution in [0.2, 0.25) is 0 Å². The van der Waals surface area contributed by atoms with Crippen molar-refractivity contribution in [3.05, 3.63) is 125 Å². The van der Waals surface area contributed by atoms with Gasteiger partial charge >= 0.3 is 0 Å². The lowest BCUT2D eigenvalue weighted by Gasteiger charge is -2.12. The van der Waals surface area contributed by atoms with Gasteiger partial charge in [0.15, 0.2) is 0 Å². The second-order valence-electron chi connectivity index (χ2n) is 8.97. The molecule has 0 bridgehead atoms. The summed E-state index contributed by atoms with van der Waals surface area (Å²) in [5.74, 6) is 0. The summed E-state index contributed by atoms with van der Waals surface area (Å²) in [4.78, 5) is 0. The number of rotatable bonds is 3. The number of nitrogens with zero attached hydrogens (tertiary/aromatic N) is 5. The average molecular weight is 496 g/mol. The third-order valence-electron chi connectivity index (χ3n) is 6.98. The van der Waals surface area contributed by atoms with E-state index in [1.165, 1.54) is 0 Å². The van der Waals surface area contributed by atoms with Gasteiger partial charge in [-0.25, -0.2) is 0 Å². The highest BCUT2D eigenvalue weighted by atomic mass is 15.0. The first-order valence-corrected chi connectivity index (χ1v) is 12.2. The monoisotopic (exact) mass is 495 g/mol. The molecular weight excluding hydrogens is 478 g/mol. The summed E-state index contributed by atoms with van der Waals surface area (Å²) in [6.45, 7) is 0. The molecule has 0 spiro atoms. The molecule has 0 saturated carbocycles. The van der Waals surface area contributed by atoms with Crippen LogP contribution in [0.1, 0.15) is 22.3 Å². The van der Waals surface area contributed by atoms with E-state index in [4.69, 9.17) is 0 Å². The van der Waals surface area contributed by atoms with E-state index in [1.54, 1.807) is 36.4 Å². The number of fused-ring (bicyclic) bond motifs is 3. The van der Waals surface area contributed by atoms with Gasteiger partial charge in [0, 0.05) is 27.6 Å². The Morgan fingerprint density at radius 3 is 1.18 bits per heavy atom. The third-order valence-corrected chi connectivity index (χ3v) is 6.98. The predicted octanol–water partition coefficient (Wildman–Crippen LogP) is 7.60. The largest absolute Gasteiger partial charge is 0.309 e. The zero-order chi connectivity index (χ0) is 26.9. The smallest absolute Gasteiger partial charge is 0.0998 e. The van der Waals surface area contributed by atoms with Crippen LogP contribution in [-0.2, 0) is 0 Å². The minimum absolute atomic E-state index is 0.398. The van der Waals surface area contributed by atoms with Gasteiger partial charge in [-0.05, 0) is 59.7 Å². The van der Waals surface area contributed by atoms with Crippen molar-refractivity contribution in [1.29, 1.82) is 21.0 Å². The number of aromatic nitrogens is 1. The molecule has 0 fully saturated rings. The van der Waals surface area contributed by atoms with Crippen molar-refractivity contribution >= 4 is 21.8 Å². The van der Waals surface area contributed by atoms with Crippen molar-refractivity contribution < 1.29 is 0 Å². The Balaban J connectivity index is 1.90. The SMILES string of the molecule is N#Cc1cccc(C#N)c1-c1cccc2c1c1c(-c3c(C#N)cccc3C#N)cccc1n2-c1ccccc1. The minimum Gasteiger partial charge on any atom is -0.309 e. The Labute approximate surface area is 224 Å². The molecule has 0 N–H and O–H groups in total. The van der Waals surface area contributed by atoms with Gasteiger partial charge < -0.3 is 4.57 Å². The lowest BCUT2D eigenvalue weighted by atomic mass is 9.88. The first-order chi connectivity index (χ1) is 19.2. The molecule has 0 aliphatic heterocycles. The van der Waals surface area contributed by atoms with Crippen LogP contribution >= 0.6 is 0 Å². The second-order valence-corrected chi connectivity index (χ2v) is 8.97. The Morgan fingerprint density at radius 1 is 0.410 bits per heavy atom. The zero-order valence-corrected chi connectivity index (χ0v) is 20.6. The van der Waals surface area contributed by atoms with E-state index in [0.717, 1.165) is 38.6 Å². The van der Waals surface area contributed by atoms with E-state index in [-0.39, 0.29) is 0 Å². The summed E-state index contributed by atoms with van der Waals surface area (Å²) in [6.07, 6.45) is 0. The molecule has 5 heteroatoms. The highest BCUT2D eigenvalue weighted by Crippen LogP contribution is 2.45. The summed E-state index contributed by atoms with van der Waals surface area (Å²) >= 11 is 0. The van der Waals surface area contributed by atoms with Gasteiger partial charge in [-0.1, -0.05) is 54.6 Å². The fourth-order valence-electron chi connectivity index (χ4n) is 5.44. The fourth-order valence-corrected chi connectivity index (χ4v) is 5.44. The van der Waals surface area contributed by atoms with Crippen LogP contribution in [0.5, 0.6) is 0 Å². The van der Waals surface area contributed by atoms with Crippen molar-refractivity contribution in [3.63, 3.8) is 0 Å². The second kappa shape index (κ2) is 9.38. The molecule has 0 aliphatic rings. The van der Waals surface area contributed by atoms with Crippen LogP contribution in [0, 0.1) is 45.3 Å². The first kappa shape index (κ1) is 23.3. The van der Waals surface area contributed by atoms with E-state index >= 15 is 0 Å².